The Morgan fingerprint density at radius 2 is 1.95 bits per heavy atom. The van der Waals surface area contributed by atoms with Crippen LogP contribution >= 0.6 is 0 Å². The Bertz CT molecular complexity index is 566. The molecule has 0 aliphatic heterocycles. The van der Waals surface area contributed by atoms with E-state index in [2.05, 4.69) is 52.1 Å². The van der Waals surface area contributed by atoms with Gasteiger partial charge in [0.25, 0.3) is 0 Å². The summed E-state index contributed by atoms with van der Waals surface area (Å²) in [5.74, 6) is 1.75. The van der Waals surface area contributed by atoms with Gasteiger partial charge >= 0.3 is 0 Å². The summed E-state index contributed by atoms with van der Waals surface area (Å²) in [5, 5.41) is 4.68. The van der Waals surface area contributed by atoms with Crippen LogP contribution in [0.5, 0.6) is 0 Å². The van der Waals surface area contributed by atoms with Crippen LogP contribution in [0, 0.1) is 19.8 Å². The Morgan fingerprint density at radius 3 is 2.58 bits per heavy atom. The van der Waals surface area contributed by atoms with E-state index >= 15 is 0 Å². The number of benzene rings is 1. The highest BCUT2D eigenvalue weighted by atomic mass is 16.3. The van der Waals surface area contributed by atoms with E-state index in [4.69, 9.17) is 4.42 Å². The molecule has 0 fully saturated rings. The van der Waals surface area contributed by atoms with E-state index in [9.17, 15) is 0 Å². The summed E-state index contributed by atoms with van der Waals surface area (Å²) in [4.78, 5) is 0. The van der Waals surface area contributed by atoms with Gasteiger partial charge in [-0.05, 0) is 49.9 Å². The van der Waals surface area contributed by atoms with E-state index in [0.29, 0.717) is 5.92 Å². The van der Waals surface area contributed by atoms with Crippen LogP contribution in [0.25, 0.3) is 11.0 Å². The van der Waals surface area contributed by atoms with Crippen molar-refractivity contribution in [3.05, 3.63) is 34.6 Å². The zero-order valence-electron chi connectivity index (χ0n) is 12.8. The van der Waals surface area contributed by atoms with E-state index in [1.165, 1.54) is 22.1 Å². The third kappa shape index (κ3) is 3.01. The van der Waals surface area contributed by atoms with Gasteiger partial charge in [-0.3, -0.25) is 0 Å². The zero-order valence-corrected chi connectivity index (χ0v) is 12.8. The topological polar surface area (TPSA) is 25.2 Å². The molecule has 1 N–H and O–H groups in total. The van der Waals surface area contributed by atoms with E-state index in [1.54, 1.807) is 0 Å². The molecule has 0 aliphatic carbocycles. The summed E-state index contributed by atoms with van der Waals surface area (Å²) >= 11 is 0. The Labute approximate surface area is 116 Å². The number of nitrogens with one attached hydrogen (secondary N) is 1. The van der Waals surface area contributed by atoms with Crippen LogP contribution in [0.1, 0.15) is 43.2 Å². The molecule has 0 saturated heterocycles. The largest absolute Gasteiger partial charge is 0.459 e. The Hall–Kier alpha value is -1.28. The van der Waals surface area contributed by atoms with Gasteiger partial charge < -0.3 is 9.73 Å². The molecule has 0 saturated carbocycles. The summed E-state index contributed by atoms with van der Waals surface area (Å²) in [6.45, 7) is 12.7. The molecule has 0 radical (unpaired) electrons. The van der Waals surface area contributed by atoms with Gasteiger partial charge in [0.2, 0.25) is 0 Å². The highest BCUT2D eigenvalue weighted by molar-refractivity contribution is 5.85. The minimum absolute atomic E-state index is 0.641. The average Bonchev–Trinajstić information content (AvgIpc) is 2.65. The van der Waals surface area contributed by atoms with Crippen molar-refractivity contribution in [2.45, 2.75) is 47.6 Å². The number of hydrogen-bond acceptors (Lipinski definition) is 2. The first kappa shape index (κ1) is 14.1. The fraction of sp³-hybridized carbons (Fsp3) is 0.529. The minimum Gasteiger partial charge on any atom is -0.459 e. The first-order valence-electron chi connectivity index (χ1n) is 7.25. The maximum Gasteiger partial charge on any atom is 0.137 e. The van der Waals surface area contributed by atoms with Crippen LogP contribution in [0.3, 0.4) is 0 Å². The van der Waals surface area contributed by atoms with Crippen molar-refractivity contribution in [2.24, 2.45) is 5.92 Å². The highest BCUT2D eigenvalue weighted by Gasteiger charge is 2.16. The smallest absolute Gasteiger partial charge is 0.137 e. The predicted octanol–water partition coefficient (Wildman–Crippen LogP) is 4.36. The second kappa shape index (κ2) is 5.79. The maximum atomic E-state index is 6.13. The van der Waals surface area contributed by atoms with Gasteiger partial charge in [0.15, 0.2) is 0 Å². The number of furan rings is 1. The van der Waals surface area contributed by atoms with Gasteiger partial charge in [0.05, 0.1) is 6.54 Å². The molecule has 1 heterocycles. The number of fused-ring (bicyclic) bond motifs is 1. The highest BCUT2D eigenvalue weighted by Crippen LogP contribution is 2.31. The third-order valence-electron chi connectivity index (χ3n) is 3.45. The normalized spacial score (nSPS) is 11.7. The summed E-state index contributed by atoms with van der Waals surface area (Å²) in [7, 11) is 0. The van der Waals surface area contributed by atoms with Crippen LogP contribution in [0.15, 0.2) is 16.5 Å². The first-order valence-corrected chi connectivity index (χ1v) is 7.25. The van der Waals surface area contributed by atoms with Crippen molar-refractivity contribution in [2.75, 3.05) is 6.54 Å². The minimum atomic E-state index is 0.641. The molecule has 0 aliphatic rings. The van der Waals surface area contributed by atoms with Gasteiger partial charge in [0.1, 0.15) is 11.3 Å². The molecule has 104 valence electrons. The molecular weight excluding hydrogens is 234 g/mol. The van der Waals surface area contributed by atoms with Gasteiger partial charge in [-0.15, -0.1) is 0 Å². The van der Waals surface area contributed by atoms with Gasteiger partial charge in [-0.1, -0.05) is 26.8 Å². The molecule has 2 rings (SSSR count). The molecule has 0 spiro atoms. The third-order valence-corrected chi connectivity index (χ3v) is 3.45. The lowest BCUT2D eigenvalue weighted by molar-refractivity contribution is 0.505. The number of rotatable bonds is 5. The van der Waals surface area contributed by atoms with E-state index < -0.39 is 0 Å². The van der Waals surface area contributed by atoms with Crippen molar-refractivity contribution in [1.82, 2.24) is 5.32 Å². The van der Waals surface area contributed by atoms with Crippen LogP contribution < -0.4 is 5.32 Å². The van der Waals surface area contributed by atoms with Crippen molar-refractivity contribution in [3.63, 3.8) is 0 Å². The second-order valence-corrected chi connectivity index (χ2v) is 5.84. The fourth-order valence-electron chi connectivity index (χ4n) is 2.66. The summed E-state index contributed by atoms with van der Waals surface area (Å²) in [6, 6.07) is 4.46. The Kier molecular flexibility index (Phi) is 4.31. The average molecular weight is 259 g/mol. The molecule has 0 amide bonds. The lowest BCUT2D eigenvalue weighted by Gasteiger charge is -2.06. The van der Waals surface area contributed by atoms with Crippen molar-refractivity contribution in [1.29, 1.82) is 0 Å². The maximum absolute atomic E-state index is 6.13. The van der Waals surface area contributed by atoms with E-state index in [0.717, 1.165) is 30.9 Å². The number of hydrogen-bond donors (Lipinski definition) is 1. The quantitative estimate of drug-likeness (QED) is 0.863. The standard InChI is InChI=1S/C17H25NO/c1-6-18-10-16-14(7-11(2)3)15-9-12(4)8-13(5)17(15)19-16/h8-9,11,18H,6-7,10H2,1-5H3. The molecule has 0 bridgehead atoms. The molecule has 2 heteroatoms. The monoisotopic (exact) mass is 259 g/mol. The SMILES string of the molecule is CCNCc1oc2c(C)cc(C)cc2c1CC(C)C. The van der Waals surface area contributed by atoms with Crippen LogP contribution in [-0.4, -0.2) is 6.54 Å². The Balaban J connectivity index is 2.56. The van der Waals surface area contributed by atoms with Gasteiger partial charge in [0, 0.05) is 10.9 Å². The molecule has 1 aromatic carbocycles. The first-order chi connectivity index (χ1) is 9.02. The Morgan fingerprint density at radius 1 is 1.21 bits per heavy atom. The lowest BCUT2D eigenvalue weighted by atomic mass is 9.97. The van der Waals surface area contributed by atoms with E-state index in [-0.39, 0.29) is 0 Å². The summed E-state index contributed by atoms with van der Waals surface area (Å²) in [6.07, 6.45) is 1.08. The summed E-state index contributed by atoms with van der Waals surface area (Å²) in [5.41, 5.74) is 5.00. The molecule has 19 heavy (non-hydrogen) atoms. The van der Waals surface area contributed by atoms with Crippen molar-refractivity contribution < 1.29 is 4.42 Å². The van der Waals surface area contributed by atoms with Crippen molar-refractivity contribution in [3.8, 4) is 0 Å². The molecule has 0 unspecified atom stereocenters. The molecule has 1 aromatic heterocycles. The predicted molar refractivity (Wildman–Crippen MR) is 81.6 cm³/mol. The molecule has 2 nitrogen and oxygen atoms in total. The second-order valence-electron chi connectivity index (χ2n) is 5.84. The molecule has 0 atom stereocenters. The fourth-order valence-corrected chi connectivity index (χ4v) is 2.66. The van der Waals surface area contributed by atoms with Crippen LogP contribution in [0.2, 0.25) is 0 Å². The van der Waals surface area contributed by atoms with Crippen LogP contribution in [0.4, 0.5) is 0 Å². The van der Waals surface area contributed by atoms with Gasteiger partial charge in [-0.2, -0.15) is 0 Å². The number of aryl methyl sites for hydroxylation is 2. The summed E-state index contributed by atoms with van der Waals surface area (Å²) < 4.78 is 6.13. The molecule has 2 aromatic rings. The van der Waals surface area contributed by atoms with Crippen LogP contribution in [-0.2, 0) is 13.0 Å². The van der Waals surface area contributed by atoms with Crippen molar-refractivity contribution >= 4 is 11.0 Å². The van der Waals surface area contributed by atoms with Gasteiger partial charge in [-0.25, -0.2) is 0 Å². The molecular formula is C17H25NO. The van der Waals surface area contributed by atoms with E-state index in [1.807, 2.05) is 0 Å². The zero-order chi connectivity index (χ0) is 14.0. The lowest BCUT2D eigenvalue weighted by Crippen LogP contribution is -2.12.